The van der Waals surface area contributed by atoms with E-state index < -0.39 is 0 Å². The lowest BCUT2D eigenvalue weighted by Gasteiger charge is -1.94. The summed E-state index contributed by atoms with van der Waals surface area (Å²) < 4.78 is 3.88. The Morgan fingerprint density at radius 2 is 2.23 bits per heavy atom. The number of hydrogen-bond acceptors (Lipinski definition) is 3. The van der Waals surface area contributed by atoms with Crippen LogP contribution in [0.1, 0.15) is 5.01 Å². The van der Waals surface area contributed by atoms with Gasteiger partial charge in [0.2, 0.25) is 0 Å². The summed E-state index contributed by atoms with van der Waals surface area (Å²) >= 11 is 8.33. The molecule has 0 N–H and O–H groups in total. The van der Waals surface area contributed by atoms with Gasteiger partial charge in [-0.1, -0.05) is 0 Å². The Morgan fingerprint density at radius 3 is 2.77 bits per heavy atom. The van der Waals surface area contributed by atoms with E-state index in [9.17, 15) is 0 Å². The van der Waals surface area contributed by atoms with Crippen molar-refractivity contribution in [1.82, 2.24) is 14.8 Å². The topological polar surface area (TPSA) is 30.7 Å². The minimum Gasteiger partial charge on any atom is -0.265 e. The monoisotopic (exact) mass is 321 g/mol. The Kier molecular flexibility index (Phi) is 2.80. The first-order chi connectivity index (χ1) is 6.24. The quantitative estimate of drug-likeness (QED) is 0.851. The summed E-state index contributed by atoms with van der Waals surface area (Å²) in [5, 5.41) is 5.19. The van der Waals surface area contributed by atoms with Gasteiger partial charge in [0.15, 0.2) is 0 Å². The van der Waals surface area contributed by atoms with Gasteiger partial charge in [0.1, 0.15) is 5.01 Å². The van der Waals surface area contributed by atoms with E-state index in [1.165, 1.54) is 0 Å². The minimum atomic E-state index is 0.724. The molecule has 0 saturated heterocycles. The lowest BCUT2D eigenvalue weighted by Crippen LogP contribution is -1.98. The molecule has 2 rings (SSSR count). The molecule has 2 aromatic rings. The molecule has 0 fully saturated rings. The van der Waals surface area contributed by atoms with E-state index in [0.717, 1.165) is 19.8 Å². The molecule has 2 aromatic heterocycles. The van der Waals surface area contributed by atoms with E-state index in [1.807, 2.05) is 10.9 Å². The summed E-state index contributed by atoms with van der Waals surface area (Å²) in [6, 6.07) is 0. The molecule has 0 radical (unpaired) electrons. The van der Waals surface area contributed by atoms with Crippen LogP contribution in [0.25, 0.3) is 0 Å². The Hall–Kier alpha value is -0.200. The van der Waals surface area contributed by atoms with Crippen molar-refractivity contribution in [3.05, 3.63) is 31.9 Å². The number of nitrogens with zero attached hydrogens (tertiary/aromatic N) is 3. The zero-order chi connectivity index (χ0) is 9.26. The Balaban J connectivity index is 2.14. The molecule has 0 unspecified atom stereocenters. The normalized spacial score (nSPS) is 10.6. The molecule has 0 saturated carbocycles. The lowest BCUT2D eigenvalue weighted by molar-refractivity contribution is 0.683. The van der Waals surface area contributed by atoms with Gasteiger partial charge in [0.25, 0.3) is 0 Å². The highest BCUT2D eigenvalue weighted by atomic mass is 79.9. The van der Waals surface area contributed by atoms with Gasteiger partial charge in [-0.2, -0.15) is 5.10 Å². The summed E-state index contributed by atoms with van der Waals surface area (Å²) in [5.74, 6) is 0. The standard InChI is InChI=1S/C7H5Br2N3S/c8-5-1-11-12(3-5)4-7-10-2-6(9)13-7/h1-3H,4H2. The van der Waals surface area contributed by atoms with E-state index in [-0.39, 0.29) is 0 Å². The van der Waals surface area contributed by atoms with Crippen molar-refractivity contribution >= 4 is 43.2 Å². The smallest absolute Gasteiger partial charge is 0.115 e. The predicted molar refractivity (Wildman–Crippen MR) is 58.8 cm³/mol. The summed E-state index contributed by atoms with van der Waals surface area (Å²) in [5.41, 5.74) is 0. The first-order valence-corrected chi connectivity index (χ1v) is 5.92. The molecule has 68 valence electrons. The molecule has 0 bridgehead atoms. The van der Waals surface area contributed by atoms with Crippen molar-refractivity contribution < 1.29 is 0 Å². The molecule has 0 aliphatic carbocycles. The van der Waals surface area contributed by atoms with Crippen LogP contribution in [0.5, 0.6) is 0 Å². The maximum Gasteiger partial charge on any atom is 0.115 e. The van der Waals surface area contributed by atoms with Gasteiger partial charge < -0.3 is 0 Å². The lowest BCUT2D eigenvalue weighted by atomic mass is 10.6. The summed E-state index contributed by atoms with van der Waals surface area (Å²) in [6.07, 6.45) is 5.50. The number of hydrogen-bond donors (Lipinski definition) is 0. The van der Waals surface area contributed by atoms with Gasteiger partial charge in [-0.3, -0.25) is 4.68 Å². The van der Waals surface area contributed by atoms with Crippen molar-refractivity contribution in [2.75, 3.05) is 0 Å². The van der Waals surface area contributed by atoms with Crippen LogP contribution >= 0.6 is 43.2 Å². The zero-order valence-corrected chi connectivity index (χ0v) is 10.4. The third-order valence-electron chi connectivity index (χ3n) is 1.42. The molecule has 13 heavy (non-hydrogen) atoms. The van der Waals surface area contributed by atoms with Gasteiger partial charge in [0.05, 0.1) is 27.2 Å². The molecule has 6 heteroatoms. The highest BCUT2D eigenvalue weighted by molar-refractivity contribution is 9.11. The molecular weight excluding hydrogens is 318 g/mol. The van der Waals surface area contributed by atoms with Gasteiger partial charge in [-0.15, -0.1) is 11.3 Å². The number of aromatic nitrogens is 3. The molecule has 0 atom stereocenters. The summed E-state index contributed by atoms with van der Waals surface area (Å²) in [6.45, 7) is 0.724. The SMILES string of the molecule is Brc1cnn(Cc2ncc(Br)s2)c1. The zero-order valence-electron chi connectivity index (χ0n) is 6.44. The number of halogens is 2. The fourth-order valence-electron chi connectivity index (χ4n) is 0.924. The fraction of sp³-hybridized carbons (Fsp3) is 0.143. The fourth-order valence-corrected chi connectivity index (χ4v) is 2.55. The number of thiazole rings is 1. The van der Waals surface area contributed by atoms with E-state index in [1.54, 1.807) is 23.7 Å². The Morgan fingerprint density at radius 1 is 1.38 bits per heavy atom. The van der Waals surface area contributed by atoms with Crippen molar-refractivity contribution in [2.24, 2.45) is 0 Å². The van der Waals surface area contributed by atoms with Crippen LogP contribution in [0.15, 0.2) is 26.8 Å². The van der Waals surface area contributed by atoms with Crippen molar-refractivity contribution in [3.8, 4) is 0 Å². The second-order valence-electron chi connectivity index (χ2n) is 2.41. The first-order valence-electron chi connectivity index (χ1n) is 3.52. The molecule has 3 nitrogen and oxygen atoms in total. The van der Waals surface area contributed by atoms with Crippen LogP contribution in [0.2, 0.25) is 0 Å². The first kappa shape index (κ1) is 9.36. The molecular formula is C7H5Br2N3S. The second kappa shape index (κ2) is 3.89. The average molecular weight is 323 g/mol. The van der Waals surface area contributed by atoms with Crippen LogP contribution in [0, 0.1) is 0 Å². The van der Waals surface area contributed by atoms with E-state index in [2.05, 4.69) is 41.9 Å². The third-order valence-corrected chi connectivity index (χ3v) is 3.29. The molecule has 0 aliphatic rings. The van der Waals surface area contributed by atoms with Crippen molar-refractivity contribution in [1.29, 1.82) is 0 Å². The molecule has 2 heterocycles. The van der Waals surface area contributed by atoms with Gasteiger partial charge >= 0.3 is 0 Å². The summed E-state index contributed by atoms with van der Waals surface area (Å²) in [7, 11) is 0. The van der Waals surface area contributed by atoms with Crippen molar-refractivity contribution in [2.45, 2.75) is 6.54 Å². The van der Waals surface area contributed by atoms with Crippen LogP contribution in [-0.2, 0) is 6.54 Å². The largest absolute Gasteiger partial charge is 0.265 e. The van der Waals surface area contributed by atoms with E-state index in [4.69, 9.17) is 0 Å². The predicted octanol–water partition coefficient (Wildman–Crippen LogP) is 2.91. The van der Waals surface area contributed by atoms with Gasteiger partial charge in [0, 0.05) is 6.20 Å². The third kappa shape index (κ3) is 2.38. The van der Waals surface area contributed by atoms with Crippen LogP contribution in [0.4, 0.5) is 0 Å². The second-order valence-corrected chi connectivity index (χ2v) is 5.82. The Bertz CT molecular complexity index is 371. The highest BCUT2D eigenvalue weighted by Crippen LogP contribution is 2.19. The van der Waals surface area contributed by atoms with Crippen molar-refractivity contribution in [3.63, 3.8) is 0 Å². The van der Waals surface area contributed by atoms with E-state index in [0.29, 0.717) is 0 Å². The molecule has 0 spiro atoms. The maximum atomic E-state index is 4.22. The van der Waals surface area contributed by atoms with Gasteiger partial charge in [-0.05, 0) is 31.9 Å². The minimum absolute atomic E-state index is 0.724. The highest BCUT2D eigenvalue weighted by Gasteiger charge is 2.01. The molecule has 0 aliphatic heterocycles. The molecule has 0 amide bonds. The number of rotatable bonds is 2. The van der Waals surface area contributed by atoms with E-state index >= 15 is 0 Å². The molecule has 0 aromatic carbocycles. The van der Waals surface area contributed by atoms with Crippen LogP contribution in [-0.4, -0.2) is 14.8 Å². The maximum absolute atomic E-state index is 4.22. The van der Waals surface area contributed by atoms with Crippen LogP contribution < -0.4 is 0 Å². The Labute approximate surface area is 96.1 Å². The van der Waals surface area contributed by atoms with Gasteiger partial charge in [-0.25, -0.2) is 4.98 Å². The van der Waals surface area contributed by atoms with Crippen LogP contribution in [0.3, 0.4) is 0 Å². The summed E-state index contributed by atoms with van der Waals surface area (Å²) in [4.78, 5) is 4.22. The average Bonchev–Trinajstić information content (AvgIpc) is 2.62.